The van der Waals surface area contributed by atoms with Crippen molar-refractivity contribution in [2.75, 3.05) is 23.0 Å². The van der Waals surface area contributed by atoms with E-state index in [0.29, 0.717) is 12.1 Å². The summed E-state index contributed by atoms with van der Waals surface area (Å²) in [4.78, 5) is 25.3. The number of hydrogen-bond donors (Lipinski definition) is 1. The monoisotopic (exact) mass is 338 g/mol. The first-order valence-electron chi connectivity index (χ1n) is 7.67. The van der Waals surface area contributed by atoms with Gasteiger partial charge in [0.2, 0.25) is 11.8 Å². The van der Waals surface area contributed by atoms with Crippen LogP contribution >= 0.6 is 0 Å². The van der Waals surface area contributed by atoms with Crippen molar-refractivity contribution in [3.8, 4) is 0 Å². The first kappa shape index (κ1) is 17.5. The summed E-state index contributed by atoms with van der Waals surface area (Å²) >= 11 is 0. The van der Waals surface area contributed by atoms with Gasteiger partial charge < -0.3 is 10.2 Å². The second-order valence-electron chi connectivity index (χ2n) is 5.79. The molecule has 2 amide bonds. The number of nitrogens with one attached hydrogen (secondary N) is 1. The van der Waals surface area contributed by atoms with Gasteiger partial charge in [0, 0.05) is 18.7 Å². The van der Waals surface area contributed by atoms with E-state index in [2.05, 4.69) is 5.32 Å². The molecule has 1 aliphatic heterocycles. The molecule has 0 aliphatic carbocycles. The van der Waals surface area contributed by atoms with Crippen molar-refractivity contribution in [2.45, 2.75) is 32.7 Å². The highest BCUT2D eigenvalue weighted by Crippen LogP contribution is 2.16. The number of carbonyl (C=O) groups is 2. The van der Waals surface area contributed by atoms with E-state index in [1.54, 1.807) is 0 Å². The van der Waals surface area contributed by atoms with Crippen LogP contribution in [0.4, 0.5) is 5.69 Å². The summed E-state index contributed by atoms with van der Waals surface area (Å²) < 4.78 is 22.8. The molecule has 1 heterocycles. The maximum atomic E-state index is 12.1. The van der Waals surface area contributed by atoms with Gasteiger partial charge >= 0.3 is 0 Å². The van der Waals surface area contributed by atoms with Gasteiger partial charge in [-0.25, -0.2) is 8.42 Å². The molecule has 2 rings (SSSR count). The SMILES string of the molecule is CCc1ccc(N(CC(=O)NC2CCS(=O)(=O)C2)C(C)=O)cc1. The highest BCUT2D eigenvalue weighted by molar-refractivity contribution is 7.91. The topological polar surface area (TPSA) is 83.6 Å². The standard InChI is InChI=1S/C16H22N2O4S/c1-3-13-4-6-15(7-5-13)18(12(2)19)10-16(20)17-14-8-9-23(21,22)11-14/h4-7,14H,3,8-11H2,1-2H3,(H,17,20). The quantitative estimate of drug-likeness (QED) is 0.865. The molecule has 6 nitrogen and oxygen atoms in total. The lowest BCUT2D eigenvalue weighted by Crippen LogP contribution is -2.44. The zero-order chi connectivity index (χ0) is 17.0. The van der Waals surface area contributed by atoms with E-state index in [4.69, 9.17) is 0 Å². The number of hydrogen-bond acceptors (Lipinski definition) is 4. The molecule has 1 aromatic carbocycles. The molecule has 1 unspecified atom stereocenters. The maximum absolute atomic E-state index is 12.1. The van der Waals surface area contributed by atoms with Crippen molar-refractivity contribution in [1.29, 1.82) is 0 Å². The number of amides is 2. The summed E-state index contributed by atoms with van der Waals surface area (Å²) in [5.41, 5.74) is 1.81. The van der Waals surface area contributed by atoms with Gasteiger partial charge in [-0.15, -0.1) is 0 Å². The Morgan fingerprint density at radius 2 is 1.91 bits per heavy atom. The van der Waals surface area contributed by atoms with E-state index in [9.17, 15) is 18.0 Å². The fourth-order valence-corrected chi connectivity index (χ4v) is 4.30. The lowest BCUT2D eigenvalue weighted by Gasteiger charge is -2.22. The normalized spacial score (nSPS) is 19.3. The first-order chi connectivity index (χ1) is 10.8. The molecule has 7 heteroatoms. The van der Waals surface area contributed by atoms with Gasteiger partial charge in [-0.1, -0.05) is 19.1 Å². The molecule has 0 radical (unpaired) electrons. The molecule has 1 N–H and O–H groups in total. The predicted octanol–water partition coefficient (Wildman–Crippen LogP) is 0.905. The van der Waals surface area contributed by atoms with E-state index < -0.39 is 9.84 Å². The van der Waals surface area contributed by atoms with Gasteiger partial charge in [0.1, 0.15) is 6.54 Å². The summed E-state index contributed by atoms with van der Waals surface area (Å²) in [6.07, 6.45) is 1.33. The van der Waals surface area contributed by atoms with Gasteiger partial charge in [-0.2, -0.15) is 0 Å². The van der Waals surface area contributed by atoms with E-state index in [1.807, 2.05) is 31.2 Å². The smallest absolute Gasteiger partial charge is 0.240 e. The van der Waals surface area contributed by atoms with E-state index in [-0.39, 0.29) is 35.9 Å². The van der Waals surface area contributed by atoms with Crippen LogP contribution in [0, 0.1) is 0 Å². The molecule has 0 spiro atoms. The largest absolute Gasteiger partial charge is 0.351 e. The average molecular weight is 338 g/mol. The Labute approximate surface area is 136 Å². The minimum absolute atomic E-state index is 0.0238. The van der Waals surface area contributed by atoms with Crippen molar-refractivity contribution >= 4 is 27.3 Å². The van der Waals surface area contributed by atoms with Crippen molar-refractivity contribution < 1.29 is 18.0 Å². The van der Waals surface area contributed by atoms with Crippen LogP contribution in [-0.4, -0.2) is 44.3 Å². The van der Waals surface area contributed by atoms with Gasteiger partial charge in [0.15, 0.2) is 9.84 Å². The molecule has 1 aliphatic rings. The molecular weight excluding hydrogens is 316 g/mol. The highest BCUT2D eigenvalue weighted by atomic mass is 32.2. The van der Waals surface area contributed by atoms with Crippen molar-refractivity contribution in [1.82, 2.24) is 5.32 Å². The lowest BCUT2D eigenvalue weighted by atomic mass is 10.1. The Morgan fingerprint density at radius 3 is 2.39 bits per heavy atom. The maximum Gasteiger partial charge on any atom is 0.240 e. The predicted molar refractivity (Wildman–Crippen MR) is 89.0 cm³/mol. The van der Waals surface area contributed by atoms with Crippen LogP contribution in [0.25, 0.3) is 0 Å². The fraction of sp³-hybridized carbons (Fsp3) is 0.500. The van der Waals surface area contributed by atoms with Crippen molar-refractivity contribution in [2.24, 2.45) is 0 Å². The minimum Gasteiger partial charge on any atom is -0.351 e. The lowest BCUT2D eigenvalue weighted by molar-refractivity contribution is -0.123. The summed E-state index contributed by atoms with van der Waals surface area (Å²) in [6.45, 7) is 3.33. The second-order valence-corrected chi connectivity index (χ2v) is 8.02. The molecule has 0 aromatic heterocycles. The van der Waals surface area contributed by atoms with E-state index in [1.165, 1.54) is 11.8 Å². The van der Waals surface area contributed by atoms with Crippen LogP contribution in [0.2, 0.25) is 0 Å². The van der Waals surface area contributed by atoms with Crippen LogP contribution in [0.3, 0.4) is 0 Å². The van der Waals surface area contributed by atoms with E-state index >= 15 is 0 Å². The third-order valence-corrected chi connectivity index (χ3v) is 5.70. The van der Waals surface area contributed by atoms with Crippen molar-refractivity contribution in [3.63, 3.8) is 0 Å². The van der Waals surface area contributed by atoms with Gasteiger partial charge in [-0.3, -0.25) is 9.59 Å². The van der Waals surface area contributed by atoms with E-state index in [0.717, 1.165) is 12.0 Å². The Kier molecular flexibility index (Phi) is 5.41. The Balaban J connectivity index is 2.01. The molecule has 1 fully saturated rings. The van der Waals surface area contributed by atoms with Gasteiger partial charge in [0.05, 0.1) is 11.5 Å². The molecule has 1 atom stereocenters. The number of sulfone groups is 1. The number of anilines is 1. The number of carbonyl (C=O) groups excluding carboxylic acids is 2. The van der Waals surface area contributed by atoms with Crippen molar-refractivity contribution in [3.05, 3.63) is 29.8 Å². The number of rotatable bonds is 5. The summed E-state index contributed by atoms with van der Waals surface area (Å²) in [5.74, 6) is -0.498. The minimum atomic E-state index is -3.04. The Morgan fingerprint density at radius 1 is 1.26 bits per heavy atom. The zero-order valence-corrected chi connectivity index (χ0v) is 14.2. The highest BCUT2D eigenvalue weighted by Gasteiger charge is 2.29. The molecule has 1 saturated heterocycles. The van der Waals surface area contributed by atoms with Crippen LogP contribution < -0.4 is 10.2 Å². The number of benzene rings is 1. The molecule has 0 saturated carbocycles. The Hall–Kier alpha value is -1.89. The number of nitrogens with zero attached hydrogens (tertiary/aromatic N) is 1. The van der Waals surface area contributed by atoms with Crippen LogP contribution in [0.15, 0.2) is 24.3 Å². The van der Waals surface area contributed by atoms with Gasteiger partial charge in [-0.05, 0) is 30.5 Å². The fourth-order valence-electron chi connectivity index (χ4n) is 2.62. The molecule has 0 bridgehead atoms. The average Bonchev–Trinajstić information content (AvgIpc) is 2.83. The molecular formula is C16H22N2O4S. The number of aryl methyl sites for hydroxylation is 1. The summed E-state index contributed by atoms with van der Waals surface area (Å²) in [5, 5.41) is 2.70. The second kappa shape index (κ2) is 7.12. The van der Waals surface area contributed by atoms with Crippen LogP contribution in [-0.2, 0) is 25.8 Å². The summed E-state index contributed by atoms with van der Waals surface area (Å²) in [7, 11) is -3.04. The third kappa shape index (κ3) is 4.79. The third-order valence-electron chi connectivity index (χ3n) is 3.94. The van der Waals surface area contributed by atoms with Crippen LogP contribution in [0.5, 0.6) is 0 Å². The van der Waals surface area contributed by atoms with Crippen LogP contribution in [0.1, 0.15) is 25.8 Å². The molecule has 126 valence electrons. The Bertz CT molecular complexity index is 683. The first-order valence-corrected chi connectivity index (χ1v) is 9.49. The molecule has 1 aromatic rings. The molecule has 23 heavy (non-hydrogen) atoms. The van der Waals surface area contributed by atoms with Gasteiger partial charge in [0.25, 0.3) is 0 Å². The summed E-state index contributed by atoms with van der Waals surface area (Å²) in [6, 6.07) is 7.12. The zero-order valence-electron chi connectivity index (χ0n) is 13.4.